The molecule has 0 aliphatic carbocycles. The maximum atomic E-state index is 12.0. The molecule has 3 aromatic rings. The molecule has 0 fully saturated rings. The van der Waals surface area contributed by atoms with Gasteiger partial charge >= 0.3 is 0 Å². The molecule has 0 aliphatic rings. The van der Waals surface area contributed by atoms with Crippen LogP contribution >= 0.6 is 46.5 Å². The fraction of sp³-hybridized carbons (Fsp3) is 0.200. The molecule has 0 saturated carbocycles. The number of halogens is 1. The van der Waals surface area contributed by atoms with E-state index in [9.17, 15) is 4.79 Å². The number of hydrogen-bond donors (Lipinski definition) is 1. The molecule has 0 radical (unpaired) electrons. The summed E-state index contributed by atoms with van der Waals surface area (Å²) in [5, 5.41) is 13.1. The number of hydrogen-bond acceptors (Lipinski definition) is 7. The molecule has 0 bridgehead atoms. The Morgan fingerprint density at radius 3 is 2.41 bits per heavy atom. The monoisotopic (exact) mass is 462 g/mol. The molecule has 1 heterocycles. The second-order valence-electron chi connectivity index (χ2n) is 6.14. The van der Waals surface area contributed by atoms with Gasteiger partial charge in [0.15, 0.2) is 8.68 Å². The van der Waals surface area contributed by atoms with E-state index < -0.39 is 0 Å². The lowest BCUT2D eigenvalue weighted by Gasteiger charge is -2.02. The molecule has 5 nitrogen and oxygen atoms in total. The highest BCUT2D eigenvalue weighted by molar-refractivity contribution is 8.03. The second kappa shape index (κ2) is 10.8. The normalized spacial score (nSPS) is 11.5. The van der Waals surface area contributed by atoms with Crippen LogP contribution in [0.2, 0.25) is 5.02 Å². The van der Waals surface area contributed by atoms with Gasteiger partial charge in [-0.3, -0.25) is 4.79 Å². The minimum atomic E-state index is -0.188. The summed E-state index contributed by atoms with van der Waals surface area (Å²) in [6.45, 7) is 3.91. The molecule has 29 heavy (non-hydrogen) atoms. The molecule has 1 aromatic heterocycles. The molecule has 9 heteroatoms. The zero-order chi connectivity index (χ0) is 20.6. The topological polar surface area (TPSA) is 67.2 Å². The van der Waals surface area contributed by atoms with E-state index in [0.29, 0.717) is 10.7 Å². The third-order valence-corrected chi connectivity index (χ3v) is 7.32. The molecule has 0 spiro atoms. The van der Waals surface area contributed by atoms with Crippen molar-refractivity contribution in [2.24, 2.45) is 5.10 Å². The summed E-state index contributed by atoms with van der Waals surface area (Å²) in [6, 6.07) is 15.7. The van der Waals surface area contributed by atoms with Crippen molar-refractivity contribution >= 4 is 58.1 Å². The number of aromatic nitrogens is 2. The van der Waals surface area contributed by atoms with Gasteiger partial charge in [0.2, 0.25) is 0 Å². The predicted molar refractivity (Wildman–Crippen MR) is 123 cm³/mol. The number of aryl methyl sites for hydroxylation is 1. The second-order valence-corrected chi connectivity index (χ2v) is 9.99. The highest BCUT2D eigenvalue weighted by Crippen LogP contribution is 2.30. The molecule has 0 atom stereocenters. The summed E-state index contributed by atoms with van der Waals surface area (Å²) in [4.78, 5) is 12.0. The van der Waals surface area contributed by atoms with Crippen molar-refractivity contribution in [1.82, 2.24) is 15.6 Å². The minimum Gasteiger partial charge on any atom is -0.272 e. The number of amides is 1. The Morgan fingerprint density at radius 1 is 1.07 bits per heavy atom. The van der Waals surface area contributed by atoms with E-state index in [0.717, 1.165) is 20.0 Å². The molecule has 3 rings (SSSR count). The first-order valence-electron chi connectivity index (χ1n) is 8.73. The van der Waals surface area contributed by atoms with Crippen LogP contribution in [0.3, 0.4) is 0 Å². The van der Waals surface area contributed by atoms with Gasteiger partial charge in [0, 0.05) is 10.8 Å². The van der Waals surface area contributed by atoms with Gasteiger partial charge in [0.25, 0.3) is 5.91 Å². The summed E-state index contributed by atoms with van der Waals surface area (Å²) in [7, 11) is 0. The van der Waals surface area contributed by atoms with Crippen molar-refractivity contribution in [1.29, 1.82) is 0 Å². The fourth-order valence-corrected chi connectivity index (χ4v) is 5.10. The number of carbonyl (C=O) groups excluding carboxylic acids is 1. The van der Waals surface area contributed by atoms with Gasteiger partial charge < -0.3 is 0 Å². The third kappa shape index (κ3) is 7.15. The number of carbonyl (C=O) groups is 1. The van der Waals surface area contributed by atoms with Crippen LogP contribution in [-0.4, -0.2) is 27.6 Å². The van der Waals surface area contributed by atoms with Crippen LogP contribution in [0.5, 0.6) is 0 Å². The average molecular weight is 463 g/mol. The van der Waals surface area contributed by atoms with Gasteiger partial charge in [0.1, 0.15) is 0 Å². The highest BCUT2D eigenvalue weighted by atomic mass is 35.5. The van der Waals surface area contributed by atoms with Gasteiger partial charge in [-0.05, 0) is 37.1 Å². The van der Waals surface area contributed by atoms with Crippen molar-refractivity contribution in [2.75, 3.05) is 5.75 Å². The van der Waals surface area contributed by atoms with E-state index in [1.54, 1.807) is 23.9 Å². The molecule has 1 N–H and O–H groups in total. The van der Waals surface area contributed by atoms with E-state index in [1.807, 2.05) is 19.1 Å². The predicted octanol–water partition coefficient (Wildman–Crippen LogP) is 5.42. The number of nitrogens with one attached hydrogen (secondary N) is 1. The Balaban J connectivity index is 1.43. The number of nitrogens with zero attached hydrogens (tertiary/aromatic N) is 3. The zero-order valence-electron chi connectivity index (χ0n) is 15.9. The number of hydrazone groups is 1. The first kappa shape index (κ1) is 21.8. The van der Waals surface area contributed by atoms with Crippen LogP contribution in [-0.2, 0) is 10.5 Å². The fourth-order valence-electron chi connectivity index (χ4n) is 2.20. The third-order valence-electron chi connectivity index (χ3n) is 3.81. The Hall–Kier alpha value is -1.87. The molecule has 1 amide bonds. The first-order chi connectivity index (χ1) is 14.0. The van der Waals surface area contributed by atoms with Crippen LogP contribution in [0.25, 0.3) is 0 Å². The van der Waals surface area contributed by atoms with Crippen LogP contribution in [0, 0.1) is 6.92 Å². The lowest BCUT2D eigenvalue weighted by molar-refractivity contribution is -0.118. The molecular weight excluding hydrogens is 444 g/mol. The van der Waals surface area contributed by atoms with Crippen molar-refractivity contribution in [3.8, 4) is 0 Å². The Bertz CT molecular complexity index is 988. The molecular formula is C20H19ClN4OS3. The lowest BCUT2D eigenvalue weighted by atomic mass is 10.1. The van der Waals surface area contributed by atoms with Gasteiger partial charge in [-0.15, -0.1) is 10.2 Å². The molecule has 2 aromatic carbocycles. The van der Waals surface area contributed by atoms with E-state index in [4.69, 9.17) is 11.6 Å². The molecule has 0 aliphatic heterocycles. The summed E-state index contributed by atoms with van der Waals surface area (Å²) in [6.07, 6.45) is 0. The molecule has 150 valence electrons. The van der Waals surface area contributed by atoms with E-state index >= 15 is 0 Å². The highest BCUT2D eigenvalue weighted by Gasteiger charge is 2.09. The molecule has 0 saturated heterocycles. The maximum absolute atomic E-state index is 12.0. The van der Waals surface area contributed by atoms with Crippen LogP contribution < -0.4 is 5.43 Å². The first-order valence-corrected chi connectivity index (χ1v) is 11.9. The van der Waals surface area contributed by atoms with E-state index in [-0.39, 0.29) is 11.7 Å². The van der Waals surface area contributed by atoms with Gasteiger partial charge in [-0.1, -0.05) is 88.4 Å². The quantitative estimate of drug-likeness (QED) is 0.275. The van der Waals surface area contributed by atoms with Gasteiger partial charge in [-0.2, -0.15) is 5.10 Å². The largest absolute Gasteiger partial charge is 0.272 e. The Kier molecular flexibility index (Phi) is 8.11. The standard InChI is InChI=1S/C20H19ClN4OS3/c1-13-3-5-15(6-4-13)11-27-19-24-25-20(29-19)28-12-18(26)23-22-14(2)16-7-9-17(21)10-8-16/h3-10H,11-12H2,1-2H3,(H,23,26). The maximum Gasteiger partial charge on any atom is 0.250 e. The summed E-state index contributed by atoms with van der Waals surface area (Å²) >= 11 is 10.4. The molecule has 0 unspecified atom stereocenters. The van der Waals surface area contributed by atoms with Crippen molar-refractivity contribution in [3.05, 3.63) is 70.2 Å². The average Bonchev–Trinajstić information content (AvgIpc) is 3.18. The van der Waals surface area contributed by atoms with Gasteiger partial charge in [0.05, 0.1) is 11.5 Å². The van der Waals surface area contributed by atoms with Gasteiger partial charge in [-0.25, -0.2) is 5.43 Å². The lowest BCUT2D eigenvalue weighted by Crippen LogP contribution is -2.21. The van der Waals surface area contributed by atoms with Crippen molar-refractivity contribution in [3.63, 3.8) is 0 Å². The van der Waals surface area contributed by atoms with Crippen LogP contribution in [0.4, 0.5) is 0 Å². The SMILES string of the molecule is CC(=NNC(=O)CSc1nnc(SCc2ccc(C)cc2)s1)c1ccc(Cl)cc1. The summed E-state index contributed by atoms with van der Waals surface area (Å²) < 4.78 is 1.66. The number of thioether (sulfide) groups is 2. The van der Waals surface area contributed by atoms with Crippen molar-refractivity contribution in [2.45, 2.75) is 28.3 Å². The Labute approximate surface area is 187 Å². The van der Waals surface area contributed by atoms with Crippen LogP contribution in [0.15, 0.2) is 62.3 Å². The minimum absolute atomic E-state index is 0.188. The van der Waals surface area contributed by atoms with E-state index in [1.165, 1.54) is 34.2 Å². The zero-order valence-corrected chi connectivity index (χ0v) is 19.1. The summed E-state index contributed by atoms with van der Waals surface area (Å²) in [5.41, 5.74) is 6.69. The number of rotatable bonds is 8. The Morgan fingerprint density at radius 2 is 1.72 bits per heavy atom. The summed E-state index contributed by atoms with van der Waals surface area (Å²) in [5.74, 6) is 0.889. The van der Waals surface area contributed by atoms with Crippen molar-refractivity contribution < 1.29 is 4.79 Å². The van der Waals surface area contributed by atoms with E-state index in [2.05, 4.69) is 51.9 Å². The smallest absolute Gasteiger partial charge is 0.250 e. The van der Waals surface area contributed by atoms with Crippen LogP contribution in [0.1, 0.15) is 23.6 Å². The number of benzene rings is 2.